The highest BCUT2D eigenvalue weighted by atomic mass is 35.5. The third-order valence-corrected chi connectivity index (χ3v) is 1.47. The molecule has 0 unspecified atom stereocenters. The third kappa shape index (κ3) is 9.69. The van der Waals surface area contributed by atoms with Crippen molar-refractivity contribution in [2.45, 2.75) is 39.5 Å². The second-order valence-corrected chi connectivity index (χ2v) is 2.65. The van der Waals surface area contributed by atoms with E-state index >= 15 is 0 Å². The van der Waals surface area contributed by atoms with Gasteiger partial charge in [-0.05, 0) is 11.5 Å². The number of hydrogen-bond donors (Lipinski definition) is 0. The summed E-state index contributed by atoms with van der Waals surface area (Å²) in [6.07, 6.45) is 4.12. The van der Waals surface area contributed by atoms with Gasteiger partial charge in [0.1, 0.15) is 6.54 Å². The Bertz CT molecular complexity index is 118. The molecule has 0 saturated carbocycles. The van der Waals surface area contributed by atoms with E-state index in [-0.39, 0.29) is 12.4 Å². The minimum Gasteiger partial charge on any atom is -0.600 e. The molecule has 0 fully saturated rings. The average molecular weight is 195 g/mol. The molecule has 0 aromatic carbocycles. The lowest BCUT2D eigenvalue weighted by atomic mass is 10.3. The lowest BCUT2D eigenvalue weighted by molar-refractivity contribution is -0.531. The lowest BCUT2D eigenvalue weighted by Gasteiger charge is -1.98. The minimum absolute atomic E-state index is 0. The van der Waals surface area contributed by atoms with Crippen molar-refractivity contribution in [2.75, 3.05) is 13.1 Å². The summed E-state index contributed by atoms with van der Waals surface area (Å²) >= 11 is 0. The van der Waals surface area contributed by atoms with Crippen LogP contribution in [0, 0.1) is 5.21 Å². The highest BCUT2D eigenvalue weighted by molar-refractivity contribution is 5.85. The topological polar surface area (TPSA) is 38.4 Å². The maximum atomic E-state index is 10.8. The molecular weight excluding hydrogens is 176 g/mol. The van der Waals surface area contributed by atoms with E-state index in [0.717, 1.165) is 30.5 Å². The Morgan fingerprint density at radius 2 is 1.75 bits per heavy atom. The van der Waals surface area contributed by atoms with Gasteiger partial charge in [-0.1, -0.05) is 31.5 Å². The first-order valence-electron chi connectivity index (χ1n) is 4.43. The number of azo groups is 1. The van der Waals surface area contributed by atoms with Gasteiger partial charge in [0.15, 0.2) is 6.54 Å². The van der Waals surface area contributed by atoms with Gasteiger partial charge in [0.05, 0.1) is 0 Å². The van der Waals surface area contributed by atoms with Gasteiger partial charge in [-0.25, -0.2) is 0 Å². The van der Waals surface area contributed by atoms with Gasteiger partial charge in [-0.2, -0.15) is 0 Å². The van der Waals surface area contributed by atoms with Crippen molar-refractivity contribution in [3.8, 4) is 0 Å². The first-order chi connectivity index (χ1) is 5.31. The molecule has 0 aromatic heterocycles. The van der Waals surface area contributed by atoms with Crippen LogP contribution in [0.1, 0.15) is 39.5 Å². The fourth-order valence-electron chi connectivity index (χ4n) is 0.704. The fraction of sp³-hybridized carbons (Fsp3) is 1.00. The molecule has 0 aromatic rings. The Kier molecular flexibility index (Phi) is 12.7. The van der Waals surface area contributed by atoms with Gasteiger partial charge in [-0.15, -0.1) is 12.4 Å². The van der Waals surface area contributed by atoms with Crippen LogP contribution in [0.2, 0.25) is 0 Å². The summed E-state index contributed by atoms with van der Waals surface area (Å²) in [6, 6.07) is 0. The van der Waals surface area contributed by atoms with Crippen LogP contribution in [0.4, 0.5) is 0 Å². The van der Waals surface area contributed by atoms with Crippen LogP contribution in [0.5, 0.6) is 0 Å². The van der Waals surface area contributed by atoms with E-state index in [1.807, 2.05) is 0 Å². The third-order valence-electron chi connectivity index (χ3n) is 1.47. The van der Waals surface area contributed by atoms with E-state index in [2.05, 4.69) is 19.0 Å². The van der Waals surface area contributed by atoms with Crippen molar-refractivity contribution < 1.29 is 4.86 Å². The number of hydrogen-bond acceptors (Lipinski definition) is 2. The lowest BCUT2D eigenvalue weighted by Crippen LogP contribution is -2.03. The highest BCUT2D eigenvalue weighted by Gasteiger charge is 1.92. The van der Waals surface area contributed by atoms with Gasteiger partial charge >= 0.3 is 0 Å². The largest absolute Gasteiger partial charge is 0.600 e. The average Bonchev–Trinajstić information content (AvgIpc) is 2.01. The standard InChI is InChI=1S/C8H18N2O.ClH/c1-3-5-7-9-10(11)8-6-4-2;/h3-8H2,1-2H3;1H. The van der Waals surface area contributed by atoms with E-state index in [0.29, 0.717) is 13.1 Å². The van der Waals surface area contributed by atoms with E-state index in [1.165, 1.54) is 0 Å². The SMILES string of the molecule is CCCCN=[N+]([O-])CCCC.Cl. The van der Waals surface area contributed by atoms with Crippen molar-refractivity contribution in [1.82, 2.24) is 0 Å². The molecule has 0 saturated heterocycles. The predicted molar refractivity (Wildman–Crippen MR) is 52.9 cm³/mol. The summed E-state index contributed by atoms with van der Waals surface area (Å²) in [6.45, 7) is 5.40. The second kappa shape index (κ2) is 10.7. The number of halogens is 1. The van der Waals surface area contributed by atoms with Crippen LogP contribution >= 0.6 is 12.4 Å². The van der Waals surface area contributed by atoms with E-state index in [1.54, 1.807) is 0 Å². The molecule has 0 atom stereocenters. The van der Waals surface area contributed by atoms with Gasteiger partial charge in [-0.3, -0.25) is 0 Å². The molecule has 4 heteroatoms. The number of rotatable bonds is 6. The zero-order valence-corrected chi connectivity index (χ0v) is 8.77. The van der Waals surface area contributed by atoms with Crippen LogP contribution in [-0.4, -0.2) is 18.0 Å². The molecule has 12 heavy (non-hydrogen) atoms. The van der Waals surface area contributed by atoms with Crippen molar-refractivity contribution in [3.63, 3.8) is 0 Å². The molecule has 0 N–H and O–H groups in total. The molecule has 0 radical (unpaired) electrons. The number of unbranched alkanes of at least 4 members (excludes halogenated alkanes) is 2. The zero-order valence-electron chi connectivity index (χ0n) is 7.95. The van der Waals surface area contributed by atoms with E-state index in [4.69, 9.17) is 0 Å². The van der Waals surface area contributed by atoms with E-state index in [9.17, 15) is 5.21 Å². The molecule has 0 aliphatic rings. The number of nitrogens with zero attached hydrogens (tertiary/aromatic N) is 2. The van der Waals surface area contributed by atoms with Crippen LogP contribution in [-0.2, 0) is 0 Å². The summed E-state index contributed by atoms with van der Waals surface area (Å²) < 4.78 is 0. The van der Waals surface area contributed by atoms with Gasteiger partial charge in [0, 0.05) is 6.42 Å². The van der Waals surface area contributed by atoms with Crippen molar-refractivity contribution in [2.24, 2.45) is 5.11 Å². The second-order valence-electron chi connectivity index (χ2n) is 2.65. The highest BCUT2D eigenvalue weighted by Crippen LogP contribution is 1.90. The summed E-state index contributed by atoms with van der Waals surface area (Å²) in [5.41, 5.74) is 0. The van der Waals surface area contributed by atoms with Crippen LogP contribution < -0.4 is 0 Å². The molecule has 0 aliphatic heterocycles. The van der Waals surface area contributed by atoms with Gasteiger partial charge in [0.25, 0.3) is 0 Å². The normalized spacial score (nSPS) is 11.0. The summed E-state index contributed by atoms with van der Waals surface area (Å²) in [4.78, 5) is 0.819. The summed E-state index contributed by atoms with van der Waals surface area (Å²) in [5, 5.41) is 14.7. The Labute approximate surface area is 80.9 Å². The molecular formula is C8H19ClN2O. The monoisotopic (exact) mass is 194 g/mol. The van der Waals surface area contributed by atoms with Gasteiger partial charge < -0.3 is 5.21 Å². The molecule has 0 aliphatic carbocycles. The molecule has 0 amide bonds. The molecule has 3 nitrogen and oxygen atoms in total. The Morgan fingerprint density at radius 1 is 1.17 bits per heavy atom. The zero-order chi connectivity index (χ0) is 8.53. The summed E-state index contributed by atoms with van der Waals surface area (Å²) in [5.74, 6) is 0. The fourth-order valence-corrected chi connectivity index (χ4v) is 0.704. The quantitative estimate of drug-likeness (QED) is 0.277. The van der Waals surface area contributed by atoms with Crippen LogP contribution in [0.3, 0.4) is 0 Å². The van der Waals surface area contributed by atoms with Crippen LogP contribution in [0.15, 0.2) is 5.11 Å². The minimum atomic E-state index is 0. The molecule has 74 valence electrons. The van der Waals surface area contributed by atoms with Crippen LogP contribution in [0.25, 0.3) is 0 Å². The smallest absolute Gasteiger partial charge is 0.180 e. The molecule has 0 bridgehead atoms. The summed E-state index contributed by atoms with van der Waals surface area (Å²) in [7, 11) is 0. The Balaban J connectivity index is 0. The molecule has 0 heterocycles. The maximum Gasteiger partial charge on any atom is 0.180 e. The number of hydroxylamine groups is 1. The Hall–Kier alpha value is -0.310. The van der Waals surface area contributed by atoms with Crippen molar-refractivity contribution in [3.05, 3.63) is 5.21 Å². The van der Waals surface area contributed by atoms with Crippen molar-refractivity contribution in [1.29, 1.82) is 0 Å². The molecule has 0 spiro atoms. The van der Waals surface area contributed by atoms with Crippen molar-refractivity contribution >= 4 is 12.4 Å². The van der Waals surface area contributed by atoms with Gasteiger partial charge in [0.2, 0.25) is 0 Å². The first-order valence-corrected chi connectivity index (χ1v) is 4.43. The first kappa shape index (κ1) is 14.2. The predicted octanol–water partition coefficient (Wildman–Crippen LogP) is 2.97. The maximum absolute atomic E-state index is 10.8. The van der Waals surface area contributed by atoms with E-state index < -0.39 is 0 Å². The molecule has 0 rings (SSSR count). The Morgan fingerprint density at radius 3 is 2.25 bits per heavy atom.